The number of aliphatic carboxylic acids is 1. The number of likely N-dealkylation sites (N-methyl/N-ethyl adjacent to an activating group) is 1. The molecule has 0 saturated heterocycles. The summed E-state index contributed by atoms with van der Waals surface area (Å²) in [7, 11) is 3.57. The number of carbonyl (C=O) groups is 1. The van der Waals surface area contributed by atoms with Crippen LogP contribution in [0, 0.1) is 0 Å². The summed E-state index contributed by atoms with van der Waals surface area (Å²) >= 11 is 0. The lowest BCUT2D eigenvalue weighted by molar-refractivity contribution is -0.151. The van der Waals surface area contributed by atoms with Gasteiger partial charge in [-0.3, -0.25) is 0 Å². The van der Waals surface area contributed by atoms with Gasteiger partial charge in [0.05, 0.1) is 7.11 Å². The Hall–Kier alpha value is -1.59. The molecule has 0 heterocycles. The van der Waals surface area contributed by atoms with Gasteiger partial charge in [-0.1, -0.05) is 18.2 Å². The number of hydrogen-bond acceptors (Lipinski definition) is 4. The highest BCUT2D eigenvalue weighted by molar-refractivity contribution is 5.72. The summed E-state index contributed by atoms with van der Waals surface area (Å²) in [6.07, 6.45) is -0.000904. The Morgan fingerprint density at radius 3 is 2.62 bits per heavy atom. The number of nitrogens with zero attached hydrogens (tertiary/aromatic N) is 1. The van der Waals surface area contributed by atoms with Crippen molar-refractivity contribution < 1.29 is 19.4 Å². The van der Waals surface area contributed by atoms with Crippen LogP contribution in [0.25, 0.3) is 0 Å². The van der Waals surface area contributed by atoms with Crippen LogP contribution in [-0.4, -0.2) is 55.4 Å². The van der Waals surface area contributed by atoms with Gasteiger partial charge in [-0.05, 0) is 38.9 Å². The Labute approximate surface area is 126 Å². The number of carboxylic acids is 1. The van der Waals surface area contributed by atoms with Crippen molar-refractivity contribution in [3.05, 3.63) is 29.8 Å². The minimum absolute atomic E-state index is 0.184. The predicted molar refractivity (Wildman–Crippen MR) is 81.8 cm³/mol. The molecule has 0 aliphatic heterocycles. The number of ether oxygens (including phenoxy) is 2. The summed E-state index contributed by atoms with van der Waals surface area (Å²) in [6, 6.07) is 8.06. The first-order valence-corrected chi connectivity index (χ1v) is 7.16. The molecule has 2 atom stereocenters. The molecular weight excluding hydrogens is 270 g/mol. The van der Waals surface area contributed by atoms with Gasteiger partial charge in [0.15, 0.2) is 6.10 Å². The van der Waals surface area contributed by atoms with E-state index in [1.807, 2.05) is 36.2 Å². The molecule has 0 aliphatic rings. The second kappa shape index (κ2) is 8.64. The maximum absolute atomic E-state index is 11.1. The van der Waals surface area contributed by atoms with E-state index in [9.17, 15) is 4.79 Å². The number of benzene rings is 1. The van der Waals surface area contributed by atoms with Crippen LogP contribution < -0.4 is 4.74 Å². The average Bonchev–Trinajstić information content (AvgIpc) is 2.47. The summed E-state index contributed by atoms with van der Waals surface area (Å²) < 4.78 is 10.6. The molecular formula is C16H25NO4. The predicted octanol–water partition coefficient (Wildman–Crippen LogP) is 2.05. The number of rotatable bonds is 9. The molecule has 0 aromatic heterocycles. The van der Waals surface area contributed by atoms with Gasteiger partial charge in [0.1, 0.15) is 5.75 Å². The molecule has 5 heteroatoms. The van der Waals surface area contributed by atoms with E-state index in [0.29, 0.717) is 13.2 Å². The molecule has 5 nitrogen and oxygen atoms in total. The van der Waals surface area contributed by atoms with Gasteiger partial charge in [0, 0.05) is 19.2 Å². The lowest BCUT2D eigenvalue weighted by Gasteiger charge is -2.27. The van der Waals surface area contributed by atoms with Crippen LogP contribution in [0.3, 0.4) is 0 Å². The van der Waals surface area contributed by atoms with Crippen molar-refractivity contribution >= 4 is 5.97 Å². The van der Waals surface area contributed by atoms with Crippen LogP contribution in [-0.2, 0) is 16.0 Å². The first kappa shape index (κ1) is 17.5. The third-order valence-corrected chi connectivity index (χ3v) is 3.56. The minimum Gasteiger partial charge on any atom is -0.496 e. The van der Waals surface area contributed by atoms with Crippen molar-refractivity contribution in [3.8, 4) is 5.75 Å². The zero-order chi connectivity index (χ0) is 15.8. The minimum atomic E-state index is -0.923. The SMILES string of the molecule is CCOC(CN(C)C(C)Cc1ccccc1OC)C(=O)O. The summed E-state index contributed by atoms with van der Waals surface area (Å²) in [5.41, 5.74) is 1.11. The maximum Gasteiger partial charge on any atom is 0.334 e. The van der Waals surface area contributed by atoms with Gasteiger partial charge in [-0.25, -0.2) is 4.79 Å². The summed E-state index contributed by atoms with van der Waals surface area (Å²) in [4.78, 5) is 13.1. The fourth-order valence-corrected chi connectivity index (χ4v) is 2.19. The summed E-state index contributed by atoms with van der Waals surface area (Å²) in [5.74, 6) is -0.0643. The molecule has 1 N–H and O–H groups in total. The van der Waals surface area contributed by atoms with Crippen molar-refractivity contribution in [3.63, 3.8) is 0 Å². The van der Waals surface area contributed by atoms with Gasteiger partial charge >= 0.3 is 5.97 Å². The Morgan fingerprint density at radius 2 is 2.05 bits per heavy atom. The second-order valence-electron chi connectivity index (χ2n) is 5.09. The Balaban J connectivity index is 2.65. The third-order valence-electron chi connectivity index (χ3n) is 3.56. The largest absolute Gasteiger partial charge is 0.496 e. The van der Waals surface area contributed by atoms with Crippen LogP contribution in [0.4, 0.5) is 0 Å². The van der Waals surface area contributed by atoms with Crippen LogP contribution in [0.15, 0.2) is 24.3 Å². The van der Waals surface area contributed by atoms with Crippen molar-refractivity contribution in [2.45, 2.75) is 32.4 Å². The zero-order valence-electron chi connectivity index (χ0n) is 13.2. The lowest BCUT2D eigenvalue weighted by Crippen LogP contribution is -2.41. The van der Waals surface area contributed by atoms with Crippen LogP contribution in [0.2, 0.25) is 0 Å². The zero-order valence-corrected chi connectivity index (χ0v) is 13.2. The average molecular weight is 295 g/mol. The smallest absolute Gasteiger partial charge is 0.334 e. The van der Waals surface area contributed by atoms with E-state index in [-0.39, 0.29) is 6.04 Å². The molecule has 118 valence electrons. The molecule has 1 aromatic rings. The Kier molecular flexibility index (Phi) is 7.19. The molecule has 0 fully saturated rings. The van der Waals surface area contributed by atoms with Gasteiger partial charge < -0.3 is 19.5 Å². The highest BCUT2D eigenvalue weighted by Gasteiger charge is 2.22. The number of hydrogen-bond donors (Lipinski definition) is 1. The van der Waals surface area contributed by atoms with Gasteiger partial charge in [-0.15, -0.1) is 0 Å². The molecule has 0 saturated carbocycles. The van der Waals surface area contributed by atoms with E-state index in [4.69, 9.17) is 14.6 Å². The number of methoxy groups -OCH3 is 1. The third kappa shape index (κ3) is 5.36. The molecule has 1 rings (SSSR count). The van der Waals surface area contributed by atoms with E-state index >= 15 is 0 Å². The monoisotopic (exact) mass is 295 g/mol. The van der Waals surface area contributed by atoms with Gasteiger partial charge in [0.25, 0.3) is 0 Å². The van der Waals surface area contributed by atoms with E-state index in [0.717, 1.165) is 17.7 Å². The number of para-hydroxylation sites is 1. The fourth-order valence-electron chi connectivity index (χ4n) is 2.19. The summed E-state index contributed by atoms with van der Waals surface area (Å²) in [5, 5.41) is 9.14. The maximum atomic E-state index is 11.1. The highest BCUT2D eigenvalue weighted by Crippen LogP contribution is 2.20. The molecule has 1 aromatic carbocycles. The lowest BCUT2D eigenvalue weighted by atomic mass is 10.0. The molecule has 2 unspecified atom stereocenters. The molecule has 0 radical (unpaired) electrons. The van der Waals surface area contributed by atoms with E-state index in [1.54, 1.807) is 14.0 Å². The first-order chi connectivity index (χ1) is 9.99. The fraction of sp³-hybridized carbons (Fsp3) is 0.562. The quantitative estimate of drug-likeness (QED) is 0.755. The Morgan fingerprint density at radius 1 is 1.38 bits per heavy atom. The van der Waals surface area contributed by atoms with E-state index in [1.165, 1.54) is 0 Å². The van der Waals surface area contributed by atoms with Crippen LogP contribution >= 0.6 is 0 Å². The normalized spacial score (nSPS) is 14.0. The van der Waals surface area contributed by atoms with Crippen LogP contribution in [0.1, 0.15) is 19.4 Å². The van der Waals surface area contributed by atoms with Crippen molar-refractivity contribution in [1.82, 2.24) is 4.90 Å². The van der Waals surface area contributed by atoms with Crippen molar-refractivity contribution in [1.29, 1.82) is 0 Å². The van der Waals surface area contributed by atoms with Crippen LogP contribution in [0.5, 0.6) is 5.75 Å². The first-order valence-electron chi connectivity index (χ1n) is 7.16. The molecule has 0 bridgehead atoms. The summed E-state index contributed by atoms with van der Waals surface area (Å²) in [6.45, 7) is 4.62. The topological polar surface area (TPSA) is 59.0 Å². The van der Waals surface area contributed by atoms with Gasteiger partial charge in [0.2, 0.25) is 0 Å². The Bertz CT molecular complexity index is 450. The standard InChI is InChI=1S/C16H25NO4/c1-5-21-15(16(18)19)11-17(3)12(2)10-13-8-6-7-9-14(13)20-4/h6-9,12,15H,5,10-11H2,1-4H3,(H,18,19). The van der Waals surface area contributed by atoms with E-state index < -0.39 is 12.1 Å². The molecule has 0 aliphatic carbocycles. The van der Waals surface area contributed by atoms with E-state index in [2.05, 4.69) is 6.92 Å². The molecule has 0 spiro atoms. The molecule has 21 heavy (non-hydrogen) atoms. The van der Waals surface area contributed by atoms with Crippen molar-refractivity contribution in [2.24, 2.45) is 0 Å². The highest BCUT2D eigenvalue weighted by atomic mass is 16.5. The number of carboxylic acid groups (broad SMARTS) is 1. The molecule has 0 amide bonds. The van der Waals surface area contributed by atoms with Crippen molar-refractivity contribution in [2.75, 3.05) is 27.3 Å². The van der Waals surface area contributed by atoms with Gasteiger partial charge in [-0.2, -0.15) is 0 Å². The second-order valence-corrected chi connectivity index (χ2v) is 5.09.